The second-order valence-corrected chi connectivity index (χ2v) is 9.28. The van der Waals surface area contributed by atoms with Crippen LogP contribution >= 0.6 is 0 Å². The highest BCUT2D eigenvalue weighted by Gasteiger charge is 2.19. The summed E-state index contributed by atoms with van der Waals surface area (Å²) in [5.41, 5.74) is 1.08. The van der Waals surface area contributed by atoms with E-state index < -0.39 is 10.0 Å². The monoisotopic (exact) mass is 367 g/mol. The predicted molar refractivity (Wildman–Crippen MR) is 108 cm³/mol. The van der Waals surface area contributed by atoms with Gasteiger partial charge in [0, 0.05) is 13.1 Å². The molecule has 25 heavy (non-hydrogen) atoms. The Bertz CT molecular complexity index is 530. The molecule has 0 bridgehead atoms. The maximum atomic E-state index is 12.2. The highest BCUT2D eigenvalue weighted by atomic mass is 32.2. The molecule has 0 unspecified atom stereocenters. The molecule has 0 radical (unpaired) electrons. The van der Waals surface area contributed by atoms with E-state index in [2.05, 4.69) is 6.92 Å². The first-order chi connectivity index (χ1) is 12.0. The zero-order chi connectivity index (χ0) is 18.5. The molecule has 1 saturated carbocycles. The van der Waals surface area contributed by atoms with E-state index in [4.69, 9.17) is 0 Å². The standard InChI is InChI=1S/C14H23NO2S.C7H14/c1-3-11-15(12-4-2)18(16,17)13-10-14-8-6-5-7-9-14;1-7-5-3-2-4-6-7/h5-9H,3-4,10-13H2,1-2H3;7H,2-6H2,1H3. The molecule has 0 saturated heterocycles. The lowest BCUT2D eigenvalue weighted by Crippen LogP contribution is -2.34. The van der Waals surface area contributed by atoms with E-state index in [-0.39, 0.29) is 5.75 Å². The molecule has 0 N–H and O–H groups in total. The number of sulfonamides is 1. The molecule has 0 aromatic heterocycles. The lowest BCUT2D eigenvalue weighted by molar-refractivity contribution is 0.385. The minimum absolute atomic E-state index is 0.205. The number of aryl methyl sites for hydroxylation is 1. The molecule has 0 spiro atoms. The van der Waals surface area contributed by atoms with Crippen molar-refractivity contribution in [2.24, 2.45) is 5.92 Å². The second-order valence-electron chi connectivity index (χ2n) is 7.19. The van der Waals surface area contributed by atoms with E-state index in [9.17, 15) is 8.42 Å². The first-order valence-electron chi connectivity index (χ1n) is 10.0. The van der Waals surface area contributed by atoms with Gasteiger partial charge in [-0.1, -0.05) is 83.2 Å². The summed E-state index contributed by atoms with van der Waals surface area (Å²) in [6, 6.07) is 9.77. The molecular weight excluding hydrogens is 330 g/mol. The third-order valence-corrected chi connectivity index (χ3v) is 6.60. The molecule has 0 aliphatic heterocycles. The van der Waals surface area contributed by atoms with Gasteiger partial charge in [-0.05, 0) is 30.7 Å². The van der Waals surface area contributed by atoms with Gasteiger partial charge in [-0.15, -0.1) is 0 Å². The normalized spacial score (nSPS) is 15.7. The lowest BCUT2D eigenvalue weighted by Gasteiger charge is -2.20. The largest absolute Gasteiger partial charge is 0.214 e. The van der Waals surface area contributed by atoms with Crippen molar-refractivity contribution in [2.45, 2.75) is 72.1 Å². The predicted octanol–water partition coefficient (Wildman–Crippen LogP) is 5.27. The quantitative estimate of drug-likeness (QED) is 0.628. The number of hydrogen-bond acceptors (Lipinski definition) is 2. The molecular formula is C21H37NO2S. The summed E-state index contributed by atoms with van der Waals surface area (Å²) in [4.78, 5) is 0. The van der Waals surface area contributed by atoms with Crippen LogP contribution in [-0.2, 0) is 16.4 Å². The van der Waals surface area contributed by atoms with E-state index in [1.54, 1.807) is 4.31 Å². The summed E-state index contributed by atoms with van der Waals surface area (Å²) >= 11 is 0. The SMILES string of the molecule is CC1CCCCC1.CCCN(CCC)S(=O)(=O)CCc1ccccc1. The van der Waals surface area contributed by atoms with Crippen LogP contribution in [0.2, 0.25) is 0 Å². The Morgan fingerprint density at radius 1 is 0.960 bits per heavy atom. The van der Waals surface area contributed by atoms with Gasteiger partial charge in [0.05, 0.1) is 5.75 Å². The van der Waals surface area contributed by atoms with Crippen LogP contribution < -0.4 is 0 Å². The Labute approximate surface area is 155 Å². The Morgan fingerprint density at radius 2 is 1.52 bits per heavy atom. The van der Waals surface area contributed by atoms with Gasteiger partial charge >= 0.3 is 0 Å². The first-order valence-corrected chi connectivity index (χ1v) is 11.6. The third kappa shape index (κ3) is 9.41. The lowest BCUT2D eigenvalue weighted by atomic mass is 9.91. The van der Waals surface area contributed by atoms with Crippen molar-refractivity contribution in [2.75, 3.05) is 18.8 Å². The molecule has 1 aromatic carbocycles. The number of benzene rings is 1. The van der Waals surface area contributed by atoms with Crippen LogP contribution in [0.3, 0.4) is 0 Å². The summed E-state index contributed by atoms with van der Waals surface area (Å²) in [5, 5.41) is 0. The van der Waals surface area contributed by atoms with E-state index in [0.29, 0.717) is 19.5 Å². The molecule has 144 valence electrons. The van der Waals surface area contributed by atoms with Crippen LogP contribution in [0.4, 0.5) is 0 Å². The summed E-state index contributed by atoms with van der Waals surface area (Å²) < 4.78 is 26.0. The highest BCUT2D eigenvalue weighted by molar-refractivity contribution is 7.89. The van der Waals surface area contributed by atoms with Crippen molar-refractivity contribution in [3.05, 3.63) is 35.9 Å². The van der Waals surface area contributed by atoms with Gasteiger partial charge in [0.15, 0.2) is 0 Å². The molecule has 1 fully saturated rings. The van der Waals surface area contributed by atoms with Gasteiger partial charge in [-0.3, -0.25) is 0 Å². The fourth-order valence-electron chi connectivity index (χ4n) is 3.22. The fourth-order valence-corrected chi connectivity index (χ4v) is 4.89. The van der Waals surface area contributed by atoms with Crippen molar-refractivity contribution in [1.29, 1.82) is 0 Å². The summed E-state index contributed by atoms with van der Waals surface area (Å²) in [6.07, 6.45) is 9.76. The topological polar surface area (TPSA) is 37.4 Å². The van der Waals surface area contributed by atoms with Crippen LogP contribution in [0.1, 0.15) is 71.3 Å². The maximum absolute atomic E-state index is 12.2. The average molecular weight is 368 g/mol. The molecule has 4 heteroatoms. The van der Waals surface area contributed by atoms with Crippen molar-refractivity contribution < 1.29 is 8.42 Å². The van der Waals surface area contributed by atoms with Crippen LogP contribution in [-0.4, -0.2) is 31.6 Å². The molecule has 3 nitrogen and oxygen atoms in total. The maximum Gasteiger partial charge on any atom is 0.214 e. The van der Waals surface area contributed by atoms with Crippen molar-refractivity contribution in [3.8, 4) is 0 Å². The van der Waals surface area contributed by atoms with Gasteiger partial charge < -0.3 is 0 Å². The highest BCUT2D eigenvalue weighted by Crippen LogP contribution is 2.22. The molecule has 1 aliphatic rings. The Kier molecular flexibility index (Phi) is 11.1. The van der Waals surface area contributed by atoms with Crippen LogP contribution in [0, 0.1) is 5.92 Å². The number of hydrogen-bond donors (Lipinski definition) is 0. The van der Waals surface area contributed by atoms with Crippen molar-refractivity contribution in [1.82, 2.24) is 4.31 Å². The third-order valence-electron chi connectivity index (χ3n) is 4.72. The number of rotatable bonds is 8. The summed E-state index contributed by atoms with van der Waals surface area (Å²) in [5.74, 6) is 1.24. The molecule has 0 heterocycles. The zero-order valence-electron chi connectivity index (χ0n) is 16.4. The zero-order valence-corrected chi connectivity index (χ0v) is 17.2. The van der Waals surface area contributed by atoms with Crippen LogP contribution in [0.5, 0.6) is 0 Å². The smallest absolute Gasteiger partial charge is 0.212 e. The van der Waals surface area contributed by atoms with E-state index in [1.165, 1.54) is 32.1 Å². The molecule has 2 rings (SSSR count). The minimum Gasteiger partial charge on any atom is -0.212 e. The van der Waals surface area contributed by atoms with Gasteiger partial charge in [0.25, 0.3) is 0 Å². The molecule has 1 aliphatic carbocycles. The average Bonchev–Trinajstić information content (AvgIpc) is 2.62. The van der Waals surface area contributed by atoms with E-state index in [0.717, 1.165) is 24.3 Å². The molecule has 0 atom stereocenters. The van der Waals surface area contributed by atoms with Gasteiger partial charge in [0.1, 0.15) is 0 Å². The fraction of sp³-hybridized carbons (Fsp3) is 0.714. The van der Waals surface area contributed by atoms with Crippen LogP contribution in [0.25, 0.3) is 0 Å². The van der Waals surface area contributed by atoms with Crippen molar-refractivity contribution in [3.63, 3.8) is 0 Å². The Balaban J connectivity index is 0.000000370. The minimum atomic E-state index is -3.11. The number of nitrogens with zero attached hydrogens (tertiary/aromatic N) is 1. The second kappa shape index (κ2) is 12.5. The van der Waals surface area contributed by atoms with E-state index in [1.807, 2.05) is 44.2 Å². The molecule has 0 amide bonds. The van der Waals surface area contributed by atoms with Gasteiger partial charge in [-0.2, -0.15) is 0 Å². The van der Waals surface area contributed by atoms with Gasteiger partial charge in [-0.25, -0.2) is 12.7 Å². The Hall–Kier alpha value is -0.870. The van der Waals surface area contributed by atoms with Crippen molar-refractivity contribution >= 4 is 10.0 Å². The van der Waals surface area contributed by atoms with Crippen LogP contribution in [0.15, 0.2) is 30.3 Å². The van der Waals surface area contributed by atoms with Gasteiger partial charge in [0.2, 0.25) is 10.0 Å². The molecule has 1 aromatic rings. The Morgan fingerprint density at radius 3 is 1.96 bits per heavy atom. The first kappa shape index (κ1) is 22.2. The summed E-state index contributed by atoms with van der Waals surface area (Å²) in [6.45, 7) is 7.64. The summed E-state index contributed by atoms with van der Waals surface area (Å²) in [7, 11) is -3.11. The van der Waals surface area contributed by atoms with E-state index >= 15 is 0 Å².